The van der Waals surface area contributed by atoms with Gasteiger partial charge in [0.15, 0.2) is 0 Å². The molecule has 0 radical (unpaired) electrons. The maximum Gasteiger partial charge on any atom is 0.223 e. The predicted octanol–water partition coefficient (Wildman–Crippen LogP) is 5.72. The summed E-state index contributed by atoms with van der Waals surface area (Å²) in [5, 5.41) is 4.20. The highest BCUT2D eigenvalue weighted by atomic mass is 35.5. The number of carbonyl (C=O) groups is 1. The second-order valence-corrected chi connectivity index (χ2v) is 8.53. The minimum atomic E-state index is -0.371. The summed E-state index contributed by atoms with van der Waals surface area (Å²) in [4.78, 5) is 12.4. The number of hydrogen-bond acceptors (Lipinski definition) is 1. The van der Waals surface area contributed by atoms with Crippen LogP contribution < -0.4 is 5.32 Å². The van der Waals surface area contributed by atoms with E-state index in [4.69, 9.17) is 23.2 Å². The van der Waals surface area contributed by atoms with E-state index in [0.29, 0.717) is 16.5 Å². The number of amides is 1. The highest BCUT2D eigenvalue weighted by Crippen LogP contribution is 2.42. The average Bonchev–Trinajstić information content (AvgIpc) is 2.56. The molecule has 26 heavy (non-hydrogen) atoms. The van der Waals surface area contributed by atoms with Gasteiger partial charge in [-0.1, -0.05) is 56.1 Å². The van der Waals surface area contributed by atoms with Gasteiger partial charge in [0.2, 0.25) is 5.91 Å². The van der Waals surface area contributed by atoms with E-state index in [2.05, 4.69) is 19.2 Å². The zero-order valence-electron chi connectivity index (χ0n) is 15.0. The Morgan fingerprint density at radius 3 is 2.35 bits per heavy atom. The van der Waals surface area contributed by atoms with Crippen molar-refractivity contribution < 1.29 is 9.18 Å². The third-order valence-corrected chi connectivity index (χ3v) is 5.90. The van der Waals surface area contributed by atoms with E-state index >= 15 is 0 Å². The molecule has 0 aromatic heterocycles. The lowest BCUT2D eigenvalue weighted by atomic mass is 9.67. The molecule has 1 saturated heterocycles. The standard InChI is InChI=1S/C21H22Cl2FNO/c1-12-8-18(13-9-16(23)11-17(24)10-13)19(25-20(12)26)21(2,3)14-4-6-15(22)7-5-14/h4-7,9-12,18-19H,8H2,1-3H3,(H,25,26)/t12-,18+,19-/m0/s1. The Kier molecular flexibility index (Phi) is 5.32. The number of hydrogen-bond donors (Lipinski definition) is 1. The smallest absolute Gasteiger partial charge is 0.223 e. The summed E-state index contributed by atoms with van der Waals surface area (Å²) in [7, 11) is 0. The van der Waals surface area contributed by atoms with Crippen molar-refractivity contribution in [3.63, 3.8) is 0 Å². The van der Waals surface area contributed by atoms with Crippen molar-refractivity contribution in [1.29, 1.82) is 0 Å². The van der Waals surface area contributed by atoms with Crippen LogP contribution in [0.2, 0.25) is 10.0 Å². The molecule has 1 aliphatic heterocycles. The fourth-order valence-electron chi connectivity index (χ4n) is 3.88. The molecular weight excluding hydrogens is 372 g/mol. The maximum atomic E-state index is 14.0. The molecule has 2 nitrogen and oxygen atoms in total. The fraction of sp³-hybridized carbons (Fsp3) is 0.381. The van der Waals surface area contributed by atoms with Gasteiger partial charge in [-0.15, -0.1) is 0 Å². The summed E-state index contributed by atoms with van der Waals surface area (Å²) in [5.41, 5.74) is 1.51. The van der Waals surface area contributed by atoms with Crippen LogP contribution in [0.15, 0.2) is 42.5 Å². The molecule has 5 heteroatoms. The minimum absolute atomic E-state index is 0.0239. The molecule has 138 valence electrons. The van der Waals surface area contributed by atoms with E-state index in [-0.39, 0.29) is 35.0 Å². The molecule has 0 spiro atoms. The van der Waals surface area contributed by atoms with E-state index in [1.165, 1.54) is 12.1 Å². The van der Waals surface area contributed by atoms with Gasteiger partial charge in [0.05, 0.1) is 0 Å². The Balaban J connectivity index is 2.05. The number of rotatable bonds is 3. The highest BCUT2D eigenvalue weighted by Gasteiger charge is 2.43. The van der Waals surface area contributed by atoms with Crippen LogP contribution in [0.4, 0.5) is 4.39 Å². The Labute approximate surface area is 163 Å². The molecular formula is C21H22Cl2FNO. The van der Waals surface area contributed by atoms with Gasteiger partial charge in [-0.25, -0.2) is 4.39 Å². The van der Waals surface area contributed by atoms with E-state index in [1.54, 1.807) is 6.07 Å². The van der Waals surface area contributed by atoms with Gasteiger partial charge in [-0.3, -0.25) is 4.79 Å². The van der Waals surface area contributed by atoms with E-state index in [9.17, 15) is 9.18 Å². The Hall–Kier alpha value is -1.58. The molecule has 1 N–H and O–H groups in total. The van der Waals surface area contributed by atoms with E-state index in [1.807, 2.05) is 31.2 Å². The molecule has 2 aromatic rings. The third kappa shape index (κ3) is 3.74. The number of carbonyl (C=O) groups excluding carboxylic acids is 1. The quantitative estimate of drug-likeness (QED) is 0.709. The molecule has 3 rings (SSSR count). The first kappa shape index (κ1) is 19.2. The number of nitrogens with one attached hydrogen (secondary N) is 1. The Morgan fingerprint density at radius 2 is 1.73 bits per heavy atom. The molecule has 1 fully saturated rings. The largest absolute Gasteiger partial charge is 0.352 e. The van der Waals surface area contributed by atoms with Crippen molar-refractivity contribution >= 4 is 29.1 Å². The maximum absolute atomic E-state index is 14.0. The predicted molar refractivity (Wildman–Crippen MR) is 104 cm³/mol. The molecule has 0 saturated carbocycles. The van der Waals surface area contributed by atoms with Gasteiger partial charge in [-0.2, -0.15) is 0 Å². The van der Waals surface area contributed by atoms with Crippen LogP contribution in [0.1, 0.15) is 44.2 Å². The highest BCUT2D eigenvalue weighted by molar-refractivity contribution is 6.30. The Bertz CT molecular complexity index is 799. The summed E-state index contributed by atoms with van der Waals surface area (Å²) in [5.74, 6) is -0.517. The van der Waals surface area contributed by atoms with Crippen LogP contribution in [0.3, 0.4) is 0 Å². The van der Waals surface area contributed by atoms with E-state index < -0.39 is 0 Å². The summed E-state index contributed by atoms with van der Waals surface area (Å²) in [6, 6.07) is 12.1. The minimum Gasteiger partial charge on any atom is -0.352 e. The van der Waals surface area contributed by atoms with Gasteiger partial charge in [0, 0.05) is 33.3 Å². The zero-order chi connectivity index (χ0) is 19.1. The van der Waals surface area contributed by atoms with Crippen molar-refractivity contribution in [1.82, 2.24) is 5.32 Å². The van der Waals surface area contributed by atoms with Gasteiger partial charge in [0.25, 0.3) is 0 Å². The number of benzene rings is 2. The van der Waals surface area contributed by atoms with Crippen molar-refractivity contribution in [3.8, 4) is 0 Å². The van der Waals surface area contributed by atoms with Crippen LogP contribution in [0.25, 0.3) is 0 Å². The molecule has 1 heterocycles. The molecule has 3 atom stereocenters. The Morgan fingerprint density at radius 1 is 1.08 bits per heavy atom. The third-order valence-electron chi connectivity index (χ3n) is 5.43. The van der Waals surface area contributed by atoms with Gasteiger partial charge >= 0.3 is 0 Å². The monoisotopic (exact) mass is 393 g/mol. The van der Waals surface area contributed by atoms with Crippen LogP contribution in [0.5, 0.6) is 0 Å². The number of piperidine rings is 1. The van der Waals surface area contributed by atoms with Gasteiger partial charge in [-0.05, 0) is 47.9 Å². The molecule has 1 amide bonds. The SMILES string of the molecule is C[C@H]1C[C@H](c2cc(F)cc(Cl)c2)[C@@H](C(C)(C)c2ccc(Cl)cc2)NC1=O. The molecule has 0 aliphatic carbocycles. The van der Waals surface area contributed by atoms with Gasteiger partial charge < -0.3 is 5.32 Å². The summed E-state index contributed by atoms with van der Waals surface area (Å²) in [6.45, 7) is 6.07. The lowest BCUT2D eigenvalue weighted by Gasteiger charge is -2.45. The molecule has 0 bridgehead atoms. The number of halogens is 3. The van der Waals surface area contributed by atoms with Gasteiger partial charge in [0.1, 0.15) is 5.82 Å². The molecule has 0 unspecified atom stereocenters. The first-order chi connectivity index (χ1) is 12.2. The van der Waals surface area contributed by atoms with Crippen LogP contribution >= 0.6 is 23.2 Å². The van der Waals surface area contributed by atoms with Crippen molar-refractivity contribution in [2.45, 2.75) is 44.6 Å². The summed E-state index contributed by atoms with van der Waals surface area (Å²) < 4.78 is 14.0. The molecule has 2 aromatic carbocycles. The fourth-order valence-corrected chi connectivity index (χ4v) is 4.24. The van der Waals surface area contributed by atoms with Crippen molar-refractivity contribution in [2.24, 2.45) is 5.92 Å². The summed E-state index contributed by atoms with van der Waals surface area (Å²) in [6.07, 6.45) is 0.646. The second kappa shape index (κ2) is 7.21. The van der Waals surface area contributed by atoms with Crippen molar-refractivity contribution in [3.05, 3.63) is 69.5 Å². The lowest BCUT2D eigenvalue weighted by Crippen LogP contribution is -2.56. The van der Waals surface area contributed by atoms with E-state index in [0.717, 1.165) is 11.1 Å². The second-order valence-electron chi connectivity index (χ2n) is 7.66. The van der Waals surface area contributed by atoms with Crippen LogP contribution in [0, 0.1) is 11.7 Å². The summed E-state index contributed by atoms with van der Waals surface area (Å²) >= 11 is 12.1. The van der Waals surface area contributed by atoms with Crippen LogP contribution in [-0.4, -0.2) is 11.9 Å². The topological polar surface area (TPSA) is 29.1 Å². The van der Waals surface area contributed by atoms with Crippen molar-refractivity contribution in [2.75, 3.05) is 0 Å². The average molecular weight is 394 g/mol. The molecule has 1 aliphatic rings. The van der Waals surface area contributed by atoms with Crippen LogP contribution in [-0.2, 0) is 10.2 Å². The first-order valence-electron chi connectivity index (χ1n) is 8.71. The first-order valence-corrected chi connectivity index (χ1v) is 9.46. The zero-order valence-corrected chi connectivity index (χ0v) is 16.5. The normalized spacial score (nSPS) is 23.6. The lowest BCUT2D eigenvalue weighted by molar-refractivity contribution is -0.128.